The van der Waals surface area contributed by atoms with Crippen LogP contribution >= 0.6 is 11.8 Å². The number of aliphatic hydroxyl groups excluding tert-OH is 1. The highest BCUT2D eigenvalue weighted by atomic mass is 32.2. The van der Waals surface area contributed by atoms with Crippen molar-refractivity contribution in [3.63, 3.8) is 0 Å². The molecule has 3 aliphatic rings. The molecule has 1 N–H and O–H groups in total. The fourth-order valence-electron chi connectivity index (χ4n) is 6.83. The number of thioether (sulfide) groups is 1. The molecule has 2 aromatic heterocycles. The average molecular weight is 742 g/mol. The summed E-state index contributed by atoms with van der Waals surface area (Å²) in [5.41, 5.74) is 1.49. The van der Waals surface area contributed by atoms with Gasteiger partial charge in [-0.25, -0.2) is 22.8 Å². The van der Waals surface area contributed by atoms with Gasteiger partial charge < -0.3 is 19.6 Å². The molecule has 17 heteroatoms. The summed E-state index contributed by atoms with van der Waals surface area (Å²) < 4.78 is 89.9. The molecule has 0 amide bonds. The van der Waals surface area contributed by atoms with Crippen LogP contribution in [0, 0.1) is 0 Å². The minimum Gasteiger partial charge on any atom is -0.460 e. The summed E-state index contributed by atoms with van der Waals surface area (Å²) in [7, 11) is -3.54. The summed E-state index contributed by atoms with van der Waals surface area (Å²) in [6.45, 7) is 3.92. The lowest BCUT2D eigenvalue weighted by Crippen LogP contribution is -2.43. The molecule has 0 aliphatic carbocycles. The van der Waals surface area contributed by atoms with E-state index in [1.807, 2.05) is 0 Å². The summed E-state index contributed by atoms with van der Waals surface area (Å²) in [6.07, 6.45) is 0.882. The van der Waals surface area contributed by atoms with Crippen molar-refractivity contribution in [2.45, 2.75) is 74.6 Å². The van der Waals surface area contributed by atoms with Gasteiger partial charge in [0.05, 0.1) is 30.2 Å². The first-order chi connectivity index (χ1) is 23.8. The molecule has 1 atom stereocenters. The first-order valence-corrected chi connectivity index (χ1v) is 19.8. The van der Waals surface area contributed by atoms with Crippen LogP contribution < -0.4 is 4.74 Å². The zero-order valence-corrected chi connectivity index (χ0v) is 29.6. The Morgan fingerprint density at radius 1 is 1.02 bits per heavy atom. The average Bonchev–Trinajstić information content (AvgIpc) is 3.43. The lowest BCUT2D eigenvalue weighted by molar-refractivity contribution is -0.139. The second-order valence-electron chi connectivity index (χ2n) is 13.2. The Bertz CT molecular complexity index is 1700. The number of aromatic nitrogens is 4. The number of ether oxygens (including phenoxy) is 1. The molecule has 3 aliphatic heterocycles. The summed E-state index contributed by atoms with van der Waals surface area (Å²) in [5, 5.41) is 16.0. The highest BCUT2D eigenvalue weighted by molar-refractivity contribution is 7.99. The lowest BCUT2D eigenvalue weighted by Gasteiger charge is -2.33. The van der Waals surface area contributed by atoms with Crippen LogP contribution in [-0.2, 0) is 35.7 Å². The van der Waals surface area contributed by atoms with Crippen molar-refractivity contribution >= 4 is 21.8 Å². The van der Waals surface area contributed by atoms with Gasteiger partial charge in [-0.1, -0.05) is 6.07 Å². The minimum atomic E-state index is -4.57. The zero-order chi connectivity index (χ0) is 35.5. The topological polar surface area (TPSA) is 117 Å². The van der Waals surface area contributed by atoms with Crippen LogP contribution in [-0.4, -0.2) is 124 Å². The van der Waals surface area contributed by atoms with Gasteiger partial charge in [-0.2, -0.15) is 22.6 Å². The van der Waals surface area contributed by atoms with Gasteiger partial charge in [-0.3, -0.25) is 4.68 Å². The normalized spacial score (nSPS) is 19.8. The number of hydrogen-bond donors (Lipinski definition) is 1. The number of piperidine rings is 2. The number of aliphatic hydroxyl groups is 1. The molecule has 0 spiro atoms. The quantitative estimate of drug-likeness (QED) is 0.215. The summed E-state index contributed by atoms with van der Waals surface area (Å²) in [4.78, 5) is 12.5. The van der Waals surface area contributed by atoms with Gasteiger partial charge in [-0.05, 0) is 43.9 Å². The Hall–Kier alpha value is -2.83. The molecule has 2 saturated heterocycles. The second kappa shape index (κ2) is 15.8. The van der Waals surface area contributed by atoms with Crippen LogP contribution in [0.15, 0.2) is 41.6 Å². The van der Waals surface area contributed by atoms with E-state index >= 15 is 0 Å². The smallest absolute Gasteiger partial charge is 0.417 e. The zero-order valence-electron chi connectivity index (χ0n) is 27.9. The van der Waals surface area contributed by atoms with Crippen molar-refractivity contribution in [1.82, 2.24) is 33.9 Å². The van der Waals surface area contributed by atoms with E-state index in [0.29, 0.717) is 87.1 Å². The number of nitrogens with zero attached hydrogens (tertiary/aromatic N) is 7. The highest BCUT2D eigenvalue weighted by Gasteiger charge is 2.35. The van der Waals surface area contributed by atoms with E-state index in [1.54, 1.807) is 23.1 Å². The van der Waals surface area contributed by atoms with Crippen molar-refractivity contribution in [1.29, 1.82) is 0 Å². The van der Waals surface area contributed by atoms with Crippen LogP contribution in [0.25, 0.3) is 11.3 Å². The molecule has 50 heavy (non-hydrogen) atoms. The molecule has 0 radical (unpaired) electrons. The number of benzene rings is 1. The lowest BCUT2D eigenvalue weighted by atomic mass is 10.0. The number of β-amino-alcohol motifs (C(OH)–C–C–N with tert-alkyl or cyclic N) is 1. The largest absolute Gasteiger partial charge is 0.460 e. The van der Waals surface area contributed by atoms with E-state index in [1.165, 1.54) is 16.4 Å². The Balaban J connectivity index is 1.18. The maximum Gasteiger partial charge on any atom is 0.417 e. The molecule has 1 aromatic carbocycles. The highest BCUT2D eigenvalue weighted by Crippen LogP contribution is 2.40. The van der Waals surface area contributed by atoms with Gasteiger partial charge in [0.2, 0.25) is 10.0 Å². The first-order valence-electron chi connectivity index (χ1n) is 16.9. The van der Waals surface area contributed by atoms with Crippen molar-refractivity contribution in [2.24, 2.45) is 0 Å². The molecule has 6 rings (SSSR count). The predicted octanol–water partition coefficient (Wildman–Crippen LogP) is 4.11. The number of sulfonamides is 1. The molecule has 11 nitrogen and oxygen atoms in total. The Morgan fingerprint density at radius 2 is 1.72 bits per heavy atom. The van der Waals surface area contributed by atoms with E-state index in [4.69, 9.17) is 9.84 Å². The molecule has 5 heterocycles. The van der Waals surface area contributed by atoms with E-state index in [-0.39, 0.29) is 30.6 Å². The number of halogens is 4. The molecular weight excluding hydrogens is 699 g/mol. The minimum absolute atomic E-state index is 0.0232. The third-order valence-corrected chi connectivity index (χ3v) is 11.8. The number of hydrogen-bond acceptors (Lipinski definition) is 10. The fourth-order valence-corrected chi connectivity index (χ4v) is 8.73. The van der Waals surface area contributed by atoms with Crippen LogP contribution in [0.1, 0.15) is 42.5 Å². The molecule has 0 saturated carbocycles. The van der Waals surface area contributed by atoms with Gasteiger partial charge in [0, 0.05) is 98.6 Å². The van der Waals surface area contributed by atoms with Gasteiger partial charge in [0.15, 0.2) is 0 Å². The Morgan fingerprint density at radius 3 is 2.40 bits per heavy atom. The maximum absolute atomic E-state index is 14.1. The molecule has 1 unspecified atom stereocenters. The van der Waals surface area contributed by atoms with E-state index in [0.717, 1.165) is 42.6 Å². The van der Waals surface area contributed by atoms with Crippen LogP contribution in [0.4, 0.5) is 17.6 Å². The third-order valence-electron chi connectivity index (χ3n) is 9.51. The molecule has 3 aromatic rings. The Kier molecular flexibility index (Phi) is 11.7. The number of rotatable bonds is 12. The molecular formula is C33H43F4N7O4S2. The van der Waals surface area contributed by atoms with Gasteiger partial charge in [-0.15, -0.1) is 11.8 Å². The maximum atomic E-state index is 14.1. The van der Waals surface area contributed by atoms with E-state index in [9.17, 15) is 31.1 Å². The fraction of sp³-hybridized carbons (Fsp3) is 0.606. The summed E-state index contributed by atoms with van der Waals surface area (Å²) in [6, 6.07) is 5.99. The second-order valence-corrected chi connectivity index (χ2v) is 16.3. The molecule has 274 valence electrons. The Labute approximate surface area is 294 Å². The van der Waals surface area contributed by atoms with E-state index in [2.05, 4.69) is 19.8 Å². The SMILES string of the molecule is CS(=O)(=O)N1CCc2c(c(-c3ccc(C(F)(F)F)c(SCCN4CCC(F)CC4)c3)nn2CC(O)CN2CCC(Oc3ncccn3)CC2)C1. The first kappa shape index (κ1) is 36.9. The monoisotopic (exact) mass is 741 g/mol. The standard InChI is InChI=1S/C33H43F4N7O4S2/c1-50(46,47)43-16-9-29-27(22-43)31(23-3-4-28(33(35,36)37)30(19-23)49-18-17-41-12-5-24(34)6-13-41)40-44(29)21-25(45)20-42-14-7-26(8-15-42)48-32-38-10-2-11-39-32/h2-4,10-11,19,24-26,45H,5-9,12-18,20-22H2,1H3. The number of likely N-dealkylation sites (tertiary alicyclic amines) is 2. The van der Waals surface area contributed by atoms with Gasteiger partial charge in [0.1, 0.15) is 12.3 Å². The predicted molar refractivity (Wildman–Crippen MR) is 181 cm³/mol. The van der Waals surface area contributed by atoms with Gasteiger partial charge in [0.25, 0.3) is 0 Å². The molecule has 2 fully saturated rings. The van der Waals surface area contributed by atoms with Crippen molar-refractivity contribution in [2.75, 3.05) is 57.8 Å². The van der Waals surface area contributed by atoms with Crippen LogP contribution in [0.5, 0.6) is 6.01 Å². The summed E-state index contributed by atoms with van der Waals surface area (Å²) >= 11 is 1.10. The van der Waals surface area contributed by atoms with Crippen LogP contribution in [0.2, 0.25) is 0 Å². The number of fused-ring (bicyclic) bond motifs is 1. The van der Waals surface area contributed by atoms with Crippen LogP contribution in [0.3, 0.4) is 0 Å². The van der Waals surface area contributed by atoms with Crippen molar-refractivity contribution in [3.8, 4) is 17.3 Å². The molecule has 0 bridgehead atoms. The van der Waals surface area contributed by atoms with Gasteiger partial charge >= 0.3 is 12.2 Å². The number of alkyl halides is 4. The summed E-state index contributed by atoms with van der Waals surface area (Å²) in [5.74, 6) is 0.396. The van der Waals surface area contributed by atoms with E-state index < -0.39 is 34.0 Å². The third kappa shape index (κ3) is 9.33. The van der Waals surface area contributed by atoms with Crippen molar-refractivity contribution < 1.29 is 35.8 Å². The van der Waals surface area contributed by atoms with Crippen molar-refractivity contribution in [3.05, 3.63) is 53.5 Å².